The van der Waals surface area contributed by atoms with Crippen molar-refractivity contribution in [3.63, 3.8) is 0 Å². The van der Waals surface area contributed by atoms with Crippen LogP contribution in [0.2, 0.25) is 0 Å². The van der Waals surface area contributed by atoms with Gasteiger partial charge in [0.2, 0.25) is 23.5 Å². The minimum Gasteiger partial charge on any atom is -0.371 e. The number of carbonyl (C=O) groups excluding carboxylic acids is 7. The minimum atomic E-state index is -1.09. The van der Waals surface area contributed by atoms with Gasteiger partial charge < -0.3 is 20.7 Å². The van der Waals surface area contributed by atoms with Gasteiger partial charge in [0.1, 0.15) is 11.8 Å². The number of likely N-dealkylation sites (tertiary alicyclic amines) is 1. The molecule has 3 N–H and O–H groups in total. The van der Waals surface area contributed by atoms with Gasteiger partial charge in [-0.2, -0.15) is 0 Å². The largest absolute Gasteiger partial charge is 0.371 e. The quantitative estimate of drug-likeness (QED) is 0.180. The zero-order chi connectivity index (χ0) is 39.4. The smallest absolute Gasteiger partial charge is 0.244 e. The van der Waals surface area contributed by atoms with E-state index in [4.69, 9.17) is 10.5 Å². The number of benzene rings is 2. The predicted octanol–water partition coefficient (Wildman–Crippen LogP) is 5.42. The van der Waals surface area contributed by atoms with Gasteiger partial charge >= 0.3 is 0 Å². The standard InChI is InChI=1S/C43H57N3O8/c1-5-29(40(51)36(48)21-22-38(50)45-39(41(44)52)31-19-13-8-14-20-31)24-37(49)35-26-33(54-43(2,3)4)27-46(35)42(53)34(30-17-11-7-12-18-30)25-32(47)23-28-15-9-6-10-16-28/h6,8-10,13-16,19-20,29-30,33-35,39H,5,7,11-12,17-18,21-27H2,1-4H3,(H2,44,52)(H,45,50)/t29?,33-,34+,35+,39+/m1/s1. The van der Waals surface area contributed by atoms with Gasteiger partial charge in [-0.3, -0.25) is 33.6 Å². The Hall–Kier alpha value is -4.51. The fourth-order valence-corrected chi connectivity index (χ4v) is 7.85. The first-order valence-corrected chi connectivity index (χ1v) is 19.4. The van der Waals surface area contributed by atoms with E-state index in [1.165, 1.54) is 0 Å². The second-order valence-corrected chi connectivity index (χ2v) is 15.9. The molecule has 11 heteroatoms. The number of primary amides is 1. The molecule has 11 nitrogen and oxygen atoms in total. The molecule has 2 aromatic rings. The van der Waals surface area contributed by atoms with Crippen LogP contribution in [0.4, 0.5) is 0 Å². The highest BCUT2D eigenvalue weighted by Gasteiger charge is 2.45. The average molecular weight is 744 g/mol. The topological polar surface area (TPSA) is 170 Å². The van der Waals surface area contributed by atoms with E-state index in [2.05, 4.69) is 5.32 Å². The fraction of sp³-hybridized carbons (Fsp3) is 0.558. The monoisotopic (exact) mass is 743 g/mol. The molecule has 1 aliphatic carbocycles. The zero-order valence-electron chi connectivity index (χ0n) is 32.2. The van der Waals surface area contributed by atoms with Gasteiger partial charge in [0.25, 0.3) is 0 Å². The van der Waals surface area contributed by atoms with E-state index in [9.17, 15) is 33.6 Å². The number of hydrogen-bond acceptors (Lipinski definition) is 8. The lowest BCUT2D eigenvalue weighted by molar-refractivity contribution is -0.146. The number of Topliss-reactive ketones (excluding diaryl/α,β-unsaturated/α-hetero) is 4. The van der Waals surface area contributed by atoms with E-state index in [0.29, 0.717) is 5.56 Å². The number of hydrogen-bond donors (Lipinski definition) is 2. The van der Waals surface area contributed by atoms with Gasteiger partial charge in [-0.25, -0.2) is 0 Å². The first kappa shape index (κ1) is 42.2. The Morgan fingerprint density at radius 1 is 0.870 bits per heavy atom. The van der Waals surface area contributed by atoms with E-state index < -0.39 is 65.4 Å². The van der Waals surface area contributed by atoms with Crippen molar-refractivity contribution in [3.05, 3.63) is 71.8 Å². The maximum Gasteiger partial charge on any atom is 0.244 e. The maximum atomic E-state index is 14.6. The Morgan fingerprint density at radius 3 is 2.09 bits per heavy atom. The molecule has 0 spiro atoms. The third-order valence-electron chi connectivity index (χ3n) is 10.6. The zero-order valence-corrected chi connectivity index (χ0v) is 32.2. The van der Waals surface area contributed by atoms with Crippen LogP contribution >= 0.6 is 0 Å². The third kappa shape index (κ3) is 12.3. The molecule has 1 saturated carbocycles. The summed E-state index contributed by atoms with van der Waals surface area (Å²) in [5.74, 6) is -4.99. The SMILES string of the molecule is CCC(CC(=O)[C@@H]1C[C@@H](OC(C)(C)C)CN1C(=O)[C@@H](CC(=O)Cc1ccccc1)C1CCCCC1)C(=O)C(=O)CCC(=O)N[C@H](C(N)=O)c1ccccc1. The van der Waals surface area contributed by atoms with Crippen LogP contribution < -0.4 is 11.1 Å². The van der Waals surface area contributed by atoms with Gasteiger partial charge in [-0.15, -0.1) is 0 Å². The Balaban J connectivity index is 1.45. The Morgan fingerprint density at radius 2 is 1.50 bits per heavy atom. The second-order valence-electron chi connectivity index (χ2n) is 15.9. The number of carbonyl (C=O) groups is 7. The minimum absolute atomic E-state index is 0.0232. The van der Waals surface area contributed by atoms with Gasteiger partial charge in [-0.1, -0.05) is 86.8 Å². The molecular weight excluding hydrogens is 686 g/mol. The Labute approximate surface area is 319 Å². The Bertz CT molecular complexity index is 1630. The fourth-order valence-electron chi connectivity index (χ4n) is 7.85. The molecule has 2 aromatic carbocycles. The van der Waals surface area contributed by atoms with E-state index >= 15 is 0 Å². The lowest BCUT2D eigenvalue weighted by Crippen LogP contribution is -2.47. The van der Waals surface area contributed by atoms with Crippen molar-refractivity contribution >= 4 is 40.9 Å². The second kappa shape index (κ2) is 19.7. The molecule has 1 heterocycles. The van der Waals surface area contributed by atoms with Crippen LogP contribution in [-0.2, 0) is 44.7 Å². The molecule has 2 aliphatic rings. The van der Waals surface area contributed by atoms with E-state index in [-0.39, 0.29) is 68.5 Å². The van der Waals surface area contributed by atoms with Crippen molar-refractivity contribution in [2.75, 3.05) is 6.54 Å². The summed E-state index contributed by atoms with van der Waals surface area (Å²) in [6.07, 6.45) is 4.08. The number of amides is 3. The number of ether oxygens (including phenoxy) is 1. The summed E-state index contributed by atoms with van der Waals surface area (Å²) in [7, 11) is 0. The molecule has 54 heavy (non-hydrogen) atoms. The summed E-state index contributed by atoms with van der Waals surface area (Å²) in [4.78, 5) is 94.9. The van der Waals surface area contributed by atoms with Crippen LogP contribution in [0.25, 0.3) is 0 Å². The highest BCUT2D eigenvalue weighted by atomic mass is 16.5. The number of nitrogens with zero attached hydrogens (tertiary/aromatic N) is 1. The molecular formula is C43H57N3O8. The van der Waals surface area contributed by atoms with Crippen LogP contribution in [0, 0.1) is 17.8 Å². The van der Waals surface area contributed by atoms with Crippen LogP contribution in [0.3, 0.4) is 0 Å². The number of ketones is 4. The highest BCUT2D eigenvalue weighted by Crippen LogP contribution is 2.36. The van der Waals surface area contributed by atoms with Crippen molar-refractivity contribution < 1.29 is 38.3 Å². The highest BCUT2D eigenvalue weighted by molar-refractivity contribution is 6.38. The first-order chi connectivity index (χ1) is 25.7. The normalized spacial score (nSPS) is 19.4. The van der Waals surface area contributed by atoms with Crippen LogP contribution in [-0.4, -0.2) is 70.0 Å². The third-order valence-corrected chi connectivity index (χ3v) is 10.6. The predicted molar refractivity (Wildman–Crippen MR) is 204 cm³/mol. The van der Waals surface area contributed by atoms with Gasteiger partial charge in [0, 0.05) is 56.9 Å². The van der Waals surface area contributed by atoms with Crippen LogP contribution in [0.15, 0.2) is 60.7 Å². The van der Waals surface area contributed by atoms with Crippen molar-refractivity contribution in [1.29, 1.82) is 0 Å². The molecule has 292 valence electrons. The maximum absolute atomic E-state index is 14.6. The van der Waals surface area contributed by atoms with Gasteiger partial charge in [0.05, 0.1) is 17.7 Å². The van der Waals surface area contributed by atoms with Crippen LogP contribution in [0.5, 0.6) is 0 Å². The average Bonchev–Trinajstić information content (AvgIpc) is 3.56. The van der Waals surface area contributed by atoms with E-state index in [1.54, 1.807) is 42.2 Å². The number of rotatable bonds is 19. The summed E-state index contributed by atoms with van der Waals surface area (Å²) in [5, 5.41) is 2.53. The van der Waals surface area contributed by atoms with Crippen molar-refractivity contribution in [3.8, 4) is 0 Å². The molecule has 0 aromatic heterocycles. The molecule has 2 fully saturated rings. The van der Waals surface area contributed by atoms with Gasteiger partial charge in [-0.05, 0) is 57.1 Å². The molecule has 1 saturated heterocycles. The first-order valence-electron chi connectivity index (χ1n) is 19.4. The molecule has 5 atom stereocenters. The molecule has 1 unspecified atom stereocenters. The summed E-state index contributed by atoms with van der Waals surface area (Å²) in [6, 6.07) is 15.9. The Kier molecular flexibility index (Phi) is 15.4. The van der Waals surface area contributed by atoms with Gasteiger partial charge in [0.15, 0.2) is 11.6 Å². The molecule has 4 rings (SSSR count). The summed E-state index contributed by atoms with van der Waals surface area (Å²) in [5.41, 5.74) is 6.33. The van der Waals surface area contributed by atoms with Crippen LogP contribution in [0.1, 0.15) is 115 Å². The van der Waals surface area contributed by atoms with E-state index in [1.807, 2.05) is 51.1 Å². The lowest BCUT2D eigenvalue weighted by Gasteiger charge is -2.34. The van der Waals surface area contributed by atoms with Crippen molar-refractivity contribution in [1.82, 2.24) is 10.2 Å². The molecule has 0 bridgehead atoms. The van der Waals surface area contributed by atoms with Crippen molar-refractivity contribution in [2.24, 2.45) is 23.5 Å². The molecule has 0 radical (unpaired) electrons. The lowest BCUT2D eigenvalue weighted by atomic mass is 9.76. The summed E-state index contributed by atoms with van der Waals surface area (Å²) in [6.45, 7) is 7.64. The van der Waals surface area contributed by atoms with E-state index in [0.717, 1.165) is 37.7 Å². The molecule has 1 aliphatic heterocycles. The number of nitrogens with two attached hydrogens (primary N) is 1. The summed E-state index contributed by atoms with van der Waals surface area (Å²) >= 11 is 0. The summed E-state index contributed by atoms with van der Waals surface area (Å²) < 4.78 is 6.29. The number of nitrogens with one attached hydrogen (secondary N) is 1. The molecule has 3 amide bonds. The van der Waals surface area contributed by atoms with Crippen molar-refractivity contribution in [2.45, 2.75) is 129 Å².